The monoisotopic (exact) mass is 284 g/mol. The lowest BCUT2D eigenvalue weighted by molar-refractivity contribution is 0.636. The van der Waals surface area contributed by atoms with Gasteiger partial charge in [-0.25, -0.2) is 0 Å². The van der Waals surface area contributed by atoms with Crippen LogP contribution in [-0.4, -0.2) is 0 Å². The summed E-state index contributed by atoms with van der Waals surface area (Å²) in [6, 6.07) is 0. The molecule has 0 rings (SSSR count). The van der Waals surface area contributed by atoms with Gasteiger partial charge in [-0.1, -0.05) is 105 Å². The highest BCUT2D eigenvalue weighted by molar-refractivity contribution is 4.81. The van der Waals surface area contributed by atoms with Crippen LogP contribution in [0, 0.1) is 0 Å². The standard InChI is InChI=1S/C15H30.C3H8.C2H6/c1-3-5-7-9-11-13-15-14-12-10-8-6-4-2;1-3-2;1-2/h13,15H,3-12,14H2,1-2H3;3H2,1-2H3;1-2H3/b15-13-;;. The highest BCUT2D eigenvalue weighted by Crippen LogP contribution is 2.07. The lowest BCUT2D eigenvalue weighted by atomic mass is 10.1. The molecule has 124 valence electrons. The number of hydrogen-bond acceptors (Lipinski definition) is 0. The van der Waals surface area contributed by atoms with E-state index < -0.39 is 0 Å². The average Bonchev–Trinajstić information content (AvgIpc) is 2.48. The summed E-state index contributed by atoms with van der Waals surface area (Å²) >= 11 is 0. The zero-order valence-corrected chi connectivity index (χ0v) is 15.6. The molecule has 0 amide bonds. The molecule has 0 saturated heterocycles. The minimum absolute atomic E-state index is 1.25. The summed E-state index contributed by atoms with van der Waals surface area (Å²) in [5.41, 5.74) is 0. The smallest absolute Gasteiger partial charge is 0.0351 e. The molecule has 0 bridgehead atoms. The molecule has 0 saturated carbocycles. The van der Waals surface area contributed by atoms with Crippen molar-refractivity contribution in [2.45, 2.75) is 119 Å². The van der Waals surface area contributed by atoms with Gasteiger partial charge in [-0.2, -0.15) is 0 Å². The van der Waals surface area contributed by atoms with Crippen molar-refractivity contribution in [1.29, 1.82) is 0 Å². The molecule has 0 N–H and O–H groups in total. The normalized spacial score (nSPS) is 9.70. The molecule has 0 aliphatic heterocycles. The second-order valence-electron chi connectivity index (χ2n) is 5.23. The third kappa shape index (κ3) is 36.1. The van der Waals surface area contributed by atoms with Gasteiger partial charge in [0.15, 0.2) is 0 Å². The number of allylic oxidation sites excluding steroid dienone is 2. The molecular weight excluding hydrogens is 240 g/mol. The lowest BCUT2D eigenvalue weighted by Crippen LogP contribution is -1.76. The Kier molecular flexibility index (Phi) is 38.6. The fourth-order valence-electron chi connectivity index (χ4n) is 1.79. The van der Waals surface area contributed by atoms with Gasteiger partial charge in [-0.3, -0.25) is 0 Å². The third-order valence-corrected chi connectivity index (χ3v) is 2.87. The van der Waals surface area contributed by atoms with Crippen molar-refractivity contribution in [2.24, 2.45) is 0 Å². The van der Waals surface area contributed by atoms with Crippen LogP contribution in [0.25, 0.3) is 0 Å². The van der Waals surface area contributed by atoms with Crippen LogP contribution >= 0.6 is 0 Å². The van der Waals surface area contributed by atoms with E-state index in [-0.39, 0.29) is 0 Å². The van der Waals surface area contributed by atoms with Crippen molar-refractivity contribution in [1.82, 2.24) is 0 Å². The zero-order chi connectivity index (χ0) is 15.9. The van der Waals surface area contributed by atoms with Crippen LogP contribution in [0.15, 0.2) is 12.2 Å². The largest absolute Gasteiger partial charge is 0.0885 e. The molecule has 0 aromatic heterocycles. The van der Waals surface area contributed by atoms with Gasteiger partial charge in [0.25, 0.3) is 0 Å². The van der Waals surface area contributed by atoms with Crippen molar-refractivity contribution in [2.75, 3.05) is 0 Å². The Morgan fingerprint density at radius 1 is 0.500 bits per heavy atom. The second-order valence-corrected chi connectivity index (χ2v) is 5.23. The third-order valence-electron chi connectivity index (χ3n) is 2.87. The molecule has 0 fully saturated rings. The lowest BCUT2D eigenvalue weighted by Gasteiger charge is -1.96. The number of unbranched alkanes of at least 4 members (excludes halogenated alkanes) is 9. The molecule has 0 aromatic rings. The maximum atomic E-state index is 2.39. The fraction of sp³-hybridized carbons (Fsp3) is 0.900. The predicted octanol–water partition coefficient (Wildman–Crippen LogP) is 8.32. The first kappa shape index (κ1) is 24.7. The van der Waals surface area contributed by atoms with E-state index in [0.29, 0.717) is 0 Å². The van der Waals surface area contributed by atoms with Crippen molar-refractivity contribution >= 4 is 0 Å². The van der Waals surface area contributed by atoms with Crippen molar-refractivity contribution in [3.63, 3.8) is 0 Å². The Bertz CT molecular complexity index is 135. The highest BCUT2D eigenvalue weighted by Gasteiger charge is 1.87. The van der Waals surface area contributed by atoms with Gasteiger partial charge < -0.3 is 0 Å². The summed E-state index contributed by atoms with van der Waals surface area (Å²) in [4.78, 5) is 0. The van der Waals surface area contributed by atoms with Gasteiger partial charge in [-0.05, 0) is 25.7 Å². The van der Waals surface area contributed by atoms with Crippen LogP contribution < -0.4 is 0 Å². The van der Waals surface area contributed by atoms with E-state index in [1.807, 2.05) is 13.8 Å². The van der Waals surface area contributed by atoms with Crippen LogP contribution in [0.3, 0.4) is 0 Å². The van der Waals surface area contributed by atoms with Gasteiger partial charge >= 0.3 is 0 Å². The van der Waals surface area contributed by atoms with Crippen LogP contribution in [0.4, 0.5) is 0 Å². The summed E-state index contributed by atoms with van der Waals surface area (Å²) in [7, 11) is 0. The van der Waals surface area contributed by atoms with Gasteiger partial charge in [0, 0.05) is 0 Å². The summed E-state index contributed by atoms with van der Waals surface area (Å²) in [5.74, 6) is 0. The maximum absolute atomic E-state index is 2.39. The van der Waals surface area contributed by atoms with E-state index >= 15 is 0 Å². The molecule has 0 radical (unpaired) electrons. The average molecular weight is 285 g/mol. The first-order chi connectivity index (χ1) is 9.83. The van der Waals surface area contributed by atoms with E-state index in [9.17, 15) is 0 Å². The van der Waals surface area contributed by atoms with E-state index in [1.165, 1.54) is 77.0 Å². The fourth-order valence-corrected chi connectivity index (χ4v) is 1.79. The minimum Gasteiger partial charge on any atom is -0.0885 e. The summed E-state index contributed by atoms with van der Waals surface area (Å²) in [5, 5.41) is 0. The molecule has 0 nitrogen and oxygen atoms in total. The van der Waals surface area contributed by atoms with Gasteiger partial charge in [-0.15, -0.1) is 0 Å². The molecule has 0 atom stereocenters. The Morgan fingerprint density at radius 3 is 1.15 bits per heavy atom. The zero-order valence-electron chi connectivity index (χ0n) is 15.6. The molecule has 20 heavy (non-hydrogen) atoms. The van der Waals surface area contributed by atoms with Crippen LogP contribution in [0.2, 0.25) is 0 Å². The molecular formula is C20H44. The van der Waals surface area contributed by atoms with Gasteiger partial charge in [0.1, 0.15) is 0 Å². The van der Waals surface area contributed by atoms with E-state index in [1.54, 1.807) is 0 Å². The van der Waals surface area contributed by atoms with Gasteiger partial charge in [0.05, 0.1) is 0 Å². The van der Waals surface area contributed by atoms with Gasteiger partial charge in [0.2, 0.25) is 0 Å². The van der Waals surface area contributed by atoms with Crippen LogP contribution in [-0.2, 0) is 0 Å². The Hall–Kier alpha value is -0.260. The first-order valence-corrected chi connectivity index (χ1v) is 9.48. The van der Waals surface area contributed by atoms with Crippen molar-refractivity contribution in [3.05, 3.63) is 12.2 Å². The summed E-state index contributed by atoms with van der Waals surface area (Å²) in [6.45, 7) is 12.8. The quantitative estimate of drug-likeness (QED) is 0.264. The predicted molar refractivity (Wildman–Crippen MR) is 98.6 cm³/mol. The van der Waals surface area contributed by atoms with Crippen molar-refractivity contribution < 1.29 is 0 Å². The van der Waals surface area contributed by atoms with Crippen LogP contribution in [0.5, 0.6) is 0 Å². The summed E-state index contributed by atoms with van der Waals surface area (Å²) < 4.78 is 0. The molecule has 0 aromatic carbocycles. The van der Waals surface area contributed by atoms with E-state index in [4.69, 9.17) is 0 Å². The van der Waals surface area contributed by atoms with E-state index in [2.05, 4.69) is 39.8 Å². The van der Waals surface area contributed by atoms with Crippen molar-refractivity contribution in [3.8, 4) is 0 Å². The molecule has 0 heterocycles. The molecule has 0 unspecified atom stereocenters. The Morgan fingerprint density at radius 2 is 0.800 bits per heavy atom. The topological polar surface area (TPSA) is 0 Å². The first-order valence-electron chi connectivity index (χ1n) is 9.48. The molecule has 0 heteroatoms. The van der Waals surface area contributed by atoms with Crippen LogP contribution in [0.1, 0.15) is 119 Å². The maximum Gasteiger partial charge on any atom is -0.0351 e. The van der Waals surface area contributed by atoms with E-state index in [0.717, 1.165) is 0 Å². The highest BCUT2D eigenvalue weighted by atomic mass is 13.9. The second kappa shape index (κ2) is 31.2. The Labute approximate surface area is 131 Å². The summed E-state index contributed by atoms with van der Waals surface area (Å²) in [6.07, 6.45) is 21.2. The number of hydrogen-bond donors (Lipinski definition) is 0. The SMILES string of the molecule is CC.CCC.CCCCCC/C=C\CCCCCCC. The minimum atomic E-state index is 1.25. The molecule has 0 aliphatic rings. The molecule has 0 spiro atoms. The number of rotatable bonds is 11. The Balaban J connectivity index is -0.000000505. The molecule has 0 aliphatic carbocycles.